The van der Waals surface area contributed by atoms with Crippen molar-refractivity contribution in [1.29, 1.82) is 0 Å². The van der Waals surface area contributed by atoms with E-state index in [1.807, 2.05) is 0 Å². The molecule has 0 saturated carbocycles. The molecule has 0 aliphatic rings. The molecular formula is C10H4BrCl2NO2. The molecule has 1 heterocycles. The van der Waals surface area contributed by atoms with Crippen molar-refractivity contribution in [1.82, 2.24) is 4.98 Å². The van der Waals surface area contributed by atoms with Gasteiger partial charge in [-0.2, -0.15) is 0 Å². The van der Waals surface area contributed by atoms with Gasteiger partial charge in [-0.25, -0.2) is 9.78 Å². The summed E-state index contributed by atoms with van der Waals surface area (Å²) in [6.07, 6.45) is 0. The van der Waals surface area contributed by atoms with Gasteiger partial charge in [-0.1, -0.05) is 23.2 Å². The number of halogens is 3. The Morgan fingerprint density at radius 1 is 1.31 bits per heavy atom. The van der Waals surface area contributed by atoms with E-state index in [9.17, 15) is 4.79 Å². The summed E-state index contributed by atoms with van der Waals surface area (Å²) in [5.74, 6) is -1.12. The first-order valence-corrected chi connectivity index (χ1v) is 5.72. The van der Waals surface area contributed by atoms with E-state index in [1.54, 1.807) is 12.1 Å². The molecule has 2 aromatic rings. The maximum Gasteiger partial charge on any atom is 0.354 e. The van der Waals surface area contributed by atoms with Crippen LogP contribution in [0.3, 0.4) is 0 Å². The third-order valence-corrected chi connectivity index (χ3v) is 3.14. The van der Waals surface area contributed by atoms with Crippen molar-refractivity contribution >= 4 is 56.0 Å². The topological polar surface area (TPSA) is 50.2 Å². The fourth-order valence-electron chi connectivity index (χ4n) is 1.32. The first-order chi connectivity index (χ1) is 7.49. The lowest BCUT2D eigenvalue weighted by molar-refractivity contribution is 0.0691. The molecule has 0 spiro atoms. The zero-order chi connectivity index (χ0) is 11.9. The van der Waals surface area contributed by atoms with Crippen molar-refractivity contribution in [2.75, 3.05) is 0 Å². The number of carbonyl (C=O) groups is 1. The number of aromatic nitrogens is 1. The molecule has 0 radical (unpaired) electrons. The van der Waals surface area contributed by atoms with E-state index in [0.717, 1.165) is 0 Å². The Labute approximate surface area is 109 Å². The first-order valence-electron chi connectivity index (χ1n) is 4.17. The van der Waals surface area contributed by atoms with E-state index in [2.05, 4.69) is 20.9 Å². The van der Waals surface area contributed by atoms with Crippen LogP contribution in [0.2, 0.25) is 10.0 Å². The van der Waals surface area contributed by atoms with E-state index in [-0.39, 0.29) is 5.69 Å². The fraction of sp³-hybridized carbons (Fsp3) is 0. The molecule has 0 fully saturated rings. The highest BCUT2D eigenvalue weighted by Gasteiger charge is 2.12. The van der Waals surface area contributed by atoms with Crippen LogP contribution >= 0.6 is 39.1 Å². The summed E-state index contributed by atoms with van der Waals surface area (Å²) in [4.78, 5) is 14.8. The first kappa shape index (κ1) is 11.6. The number of rotatable bonds is 1. The van der Waals surface area contributed by atoms with Gasteiger partial charge >= 0.3 is 5.97 Å². The zero-order valence-electron chi connectivity index (χ0n) is 7.67. The number of aromatic carboxylic acids is 1. The molecule has 0 amide bonds. The lowest BCUT2D eigenvalue weighted by Crippen LogP contribution is -2.00. The van der Waals surface area contributed by atoms with Crippen LogP contribution in [-0.2, 0) is 0 Å². The van der Waals surface area contributed by atoms with Crippen LogP contribution in [0.25, 0.3) is 10.9 Å². The fourth-order valence-corrected chi connectivity index (χ4v) is 2.47. The number of carboxylic acids is 1. The molecule has 82 valence electrons. The lowest BCUT2D eigenvalue weighted by atomic mass is 10.2. The Balaban J connectivity index is 2.87. The molecule has 0 atom stereocenters. The number of carboxylic acid groups (broad SMARTS) is 1. The molecule has 1 aromatic heterocycles. The summed E-state index contributed by atoms with van der Waals surface area (Å²) < 4.78 is 0.611. The van der Waals surface area contributed by atoms with E-state index in [0.29, 0.717) is 25.4 Å². The normalized spacial score (nSPS) is 10.7. The number of benzene rings is 1. The Kier molecular flexibility index (Phi) is 3.06. The summed E-state index contributed by atoms with van der Waals surface area (Å²) in [6, 6.07) is 4.58. The van der Waals surface area contributed by atoms with E-state index >= 15 is 0 Å². The molecule has 1 N–H and O–H groups in total. The summed E-state index contributed by atoms with van der Waals surface area (Å²) in [7, 11) is 0. The largest absolute Gasteiger partial charge is 0.477 e. The molecule has 16 heavy (non-hydrogen) atoms. The minimum atomic E-state index is -1.12. The predicted octanol–water partition coefficient (Wildman–Crippen LogP) is 4.00. The van der Waals surface area contributed by atoms with Crippen LogP contribution in [-0.4, -0.2) is 16.1 Å². The molecule has 6 heteroatoms. The van der Waals surface area contributed by atoms with Gasteiger partial charge in [0.1, 0.15) is 5.69 Å². The molecule has 1 aromatic carbocycles. The molecule has 0 aliphatic carbocycles. The number of pyridine rings is 1. The molecule has 0 bridgehead atoms. The Morgan fingerprint density at radius 3 is 2.62 bits per heavy atom. The van der Waals surface area contributed by atoms with Crippen molar-refractivity contribution in [3.05, 3.63) is 38.4 Å². The highest BCUT2D eigenvalue weighted by Crippen LogP contribution is 2.31. The van der Waals surface area contributed by atoms with Crippen LogP contribution in [0.15, 0.2) is 22.7 Å². The Hall–Kier alpha value is -0.840. The van der Waals surface area contributed by atoms with E-state index in [4.69, 9.17) is 28.3 Å². The number of hydrogen-bond acceptors (Lipinski definition) is 2. The minimum absolute atomic E-state index is 0.0967. The van der Waals surface area contributed by atoms with E-state index < -0.39 is 5.97 Å². The van der Waals surface area contributed by atoms with Gasteiger partial charge in [0.2, 0.25) is 0 Å². The molecule has 0 unspecified atom stereocenters. The van der Waals surface area contributed by atoms with Crippen molar-refractivity contribution in [2.45, 2.75) is 0 Å². The lowest BCUT2D eigenvalue weighted by Gasteiger charge is -2.04. The SMILES string of the molecule is O=C(O)c1cc(Cl)c2cc(Cl)cc(Br)c2n1. The number of hydrogen-bond donors (Lipinski definition) is 1. The average Bonchev–Trinajstić information content (AvgIpc) is 2.19. The van der Waals surface area contributed by atoms with Crippen molar-refractivity contribution in [3.8, 4) is 0 Å². The summed E-state index contributed by atoms with van der Waals surface area (Å²) in [5, 5.41) is 10.3. The maximum atomic E-state index is 10.8. The van der Waals surface area contributed by atoms with Gasteiger partial charge in [-0.05, 0) is 34.1 Å². The zero-order valence-corrected chi connectivity index (χ0v) is 10.8. The van der Waals surface area contributed by atoms with Gasteiger partial charge in [0, 0.05) is 14.9 Å². The van der Waals surface area contributed by atoms with Crippen LogP contribution < -0.4 is 0 Å². The average molecular weight is 321 g/mol. The van der Waals surface area contributed by atoms with Crippen LogP contribution in [0.5, 0.6) is 0 Å². The molecule has 0 aliphatic heterocycles. The second-order valence-electron chi connectivity index (χ2n) is 3.08. The van der Waals surface area contributed by atoms with Gasteiger partial charge in [-0.15, -0.1) is 0 Å². The molecule has 3 nitrogen and oxygen atoms in total. The predicted molar refractivity (Wildman–Crippen MR) is 66.4 cm³/mol. The van der Waals surface area contributed by atoms with Crippen LogP contribution in [0, 0.1) is 0 Å². The highest BCUT2D eigenvalue weighted by atomic mass is 79.9. The quantitative estimate of drug-likeness (QED) is 0.864. The molecule has 2 rings (SSSR count). The highest BCUT2D eigenvalue weighted by molar-refractivity contribution is 9.10. The van der Waals surface area contributed by atoms with Crippen molar-refractivity contribution < 1.29 is 9.90 Å². The third-order valence-electron chi connectivity index (χ3n) is 2.00. The summed E-state index contributed by atoms with van der Waals surface area (Å²) >= 11 is 15.1. The monoisotopic (exact) mass is 319 g/mol. The molecule has 0 saturated heterocycles. The van der Waals surface area contributed by atoms with Gasteiger partial charge in [0.25, 0.3) is 0 Å². The number of nitrogens with zero attached hydrogens (tertiary/aromatic N) is 1. The third kappa shape index (κ3) is 2.00. The second-order valence-corrected chi connectivity index (χ2v) is 4.78. The van der Waals surface area contributed by atoms with Crippen LogP contribution in [0.1, 0.15) is 10.5 Å². The van der Waals surface area contributed by atoms with Crippen molar-refractivity contribution in [3.63, 3.8) is 0 Å². The van der Waals surface area contributed by atoms with Gasteiger partial charge in [0.15, 0.2) is 0 Å². The van der Waals surface area contributed by atoms with Crippen LogP contribution in [0.4, 0.5) is 0 Å². The second kappa shape index (κ2) is 4.20. The smallest absolute Gasteiger partial charge is 0.354 e. The van der Waals surface area contributed by atoms with Gasteiger partial charge in [-0.3, -0.25) is 0 Å². The van der Waals surface area contributed by atoms with Gasteiger partial charge in [0.05, 0.1) is 10.5 Å². The molecular weight excluding hydrogens is 317 g/mol. The maximum absolute atomic E-state index is 10.8. The number of fused-ring (bicyclic) bond motifs is 1. The minimum Gasteiger partial charge on any atom is -0.477 e. The standard InChI is InChI=1S/C10H4BrCl2NO2/c11-6-2-4(12)1-5-7(13)3-8(10(15)16)14-9(5)6/h1-3H,(H,15,16). The van der Waals surface area contributed by atoms with Gasteiger partial charge < -0.3 is 5.11 Å². The van der Waals surface area contributed by atoms with E-state index in [1.165, 1.54) is 6.07 Å². The summed E-state index contributed by atoms with van der Waals surface area (Å²) in [6.45, 7) is 0. The summed E-state index contributed by atoms with van der Waals surface area (Å²) in [5.41, 5.74) is 0.384. The Morgan fingerprint density at radius 2 is 2.00 bits per heavy atom. The Bertz CT molecular complexity index is 601. The van der Waals surface area contributed by atoms with Crippen molar-refractivity contribution in [2.24, 2.45) is 0 Å².